The maximum Gasteiger partial charge on any atom is 0.352 e. The summed E-state index contributed by atoms with van der Waals surface area (Å²) in [6.07, 6.45) is 0. The number of methoxy groups -OCH3 is 1. The molecule has 1 fully saturated rings. The van der Waals surface area contributed by atoms with Crippen LogP contribution in [0.4, 0.5) is 0 Å². The van der Waals surface area contributed by atoms with E-state index in [1.54, 1.807) is 37.4 Å². The number of carbonyl (C=O) groups is 1. The van der Waals surface area contributed by atoms with Gasteiger partial charge in [-0.3, -0.25) is 14.2 Å². The average molecular weight is 450 g/mol. The molecule has 2 aromatic carbocycles. The minimum absolute atomic E-state index is 0.0222. The zero-order valence-corrected chi connectivity index (χ0v) is 18.9. The first-order valence-electron chi connectivity index (χ1n) is 10.7. The van der Waals surface area contributed by atoms with Gasteiger partial charge < -0.3 is 14.4 Å². The van der Waals surface area contributed by atoms with Gasteiger partial charge in [0.05, 0.1) is 32.6 Å². The molecule has 0 saturated carbocycles. The molecule has 0 unspecified atom stereocenters. The first kappa shape index (κ1) is 22.5. The Balaban J connectivity index is 1.88. The van der Waals surface area contributed by atoms with Gasteiger partial charge in [-0.2, -0.15) is 9.78 Å². The van der Waals surface area contributed by atoms with Crippen LogP contribution in [0, 0.1) is 13.8 Å². The van der Waals surface area contributed by atoms with E-state index in [0.29, 0.717) is 43.3 Å². The van der Waals surface area contributed by atoms with E-state index in [0.717, 1.165) is 20.4 Å². The summed E-state index contributed by atoms with van der Waals surface area (Å²) in [7, 11) is 1.55. The first-order valence-corrected chi connectivity index (χ1v) is 10.7. The van der Waals surface area contributed by atoms with Crippen molar-refractivity contribution in [1.82, 2.24) is 19.2 Å². The largest absolute Gasteiger partial charge is 0.497 e. The molecule has 3 aromatic rings. The van der Waals surface area contributed by atoms with Crippen molar-refractivity contribution < 1.29 is 14.3 Å². The van der Waals surface area contributed by atoms with Crippen LogP contribution in [0.2, 0.25) is 0 Å². The van der Waals surface area contributed by atoms with E-state index in [2.05, 4.69) is 5.10 Å². The van der Waals surface area contributed by atoms with Gasteiger partial charge in [-0.1, -0.05) is 18.2 Å². The van der Waals surface area contributed by atoms with Gasteiger partial charge in [-0.15, -0.1) is 0 Å². The third-order valence-electron chi connectivity index (χ3n) is 5.77. The van der Waals surface area contributed by atoms with E-state index in [-0.39, 0.29) is 12.2 Å². The highest BCUT2D eigenvalue weighted by Crippen LogP contribution is 2.14. The predicted molar refractivity (Wildman–Crippen MR) is 122 cm³/mol. The number of hydrogen-bond acceptors (Lipinski definition) is 6. The SMILES string of the molecule is COc1cccc(Cn2c(=O)c(C(=O)N3CCOCC3)nn(-c3ccc(C)c(C)c3)c2=O)c1. The van der Waals surface area contributed by atoms with Crippen LogP contribution in [0.25, 0.3) is 5.69 Å². The maximum absolute atomic E-state index is 13.4. The van der Waals surface area contributed by atoms with Crippen molar-refractivity contribution in [3.63, 3.8) is 0 Å². The number of rotatable bonds is 5. The van der Waals surface area contributed by atoms with Crippen molar-refractivity contribution in [2.45, 2.75) is 20.4 Å². The van der Waals surface area contributed by atoms with Gasteiger partial charge in [-0.05, 0) is 54.8 Å². The van der Waals surface area contributed by atoms with Gasteiger partial charge in [0.1, 0.15) is 5.75 Å². The topological polar surface area (TPSA) is 95.7 Å². The summed E-state index contributed by atoms with van der Waals surface area (Å²) < 4.78 is 12.7. The minimum Gasteiger partial charge on any atom is -0.497 e. The van der Waals surface area contributed by atoms with E-state index in [1.165, 1.54) is 4.90 Å². The average Bonchev–Trinajstić information content (AvgIpc) is 2.84. The molecule has 1 saturated heterocycles. The zero-order valence-electron chi connectivity index (χ0n) is 18.9. The number of hydrogen-bond donors (Lipinski definition) is 0. The fourth-order valence-corrected chi connectivity index (χ4v) is 3.68. The number of aryl methyl sites for hydroxylation is 2. The predicted octanol–water partition coefficient (Wildman–Crippen LogP) is 1.54. The van der Waals surface area contributed by atoms with Gasteiger partial charge in [0, 0.05) is 13.1 Å². The summed E-state index contributed by atoms with van der Waals surface area (Å²) in [5.74, 6) is 0.0917. The molecule has 2 heterocycles. The molecule has 1 aliphatic heterocycles. The highest BCUT2D eigenvalue weighted by atomic mass is 16.5. The summed E-state index contributed by atoms with van der Waals surface area (Å²) in [5, 5.41) is 4.24. The Kier molecular flexibility index (Phi) is 6.41. The Morgan fingerprint density at radius 3 is 2.52 bits per heavy atom. The molecule has 4 rings (SSSR count). The van der Waals surface area contributed by atoms with Crippen LogP contribution in [-0.4, -0.2) is 58.6 Å². The maximum atomic E-state index is 13.4. The Morgan fingerprint density at radius 2 is 1.82 bits per heavy atom. The van der Waals surface area contributed by atoms with Gasteiger partial charge in [0.15, 0.2) is 0 Å². The van der Waals surface area contributed by atoms with Crippen LogP contribution < -0.4 is 16.0 Å². The normalized spacial score (nSPS) is 13.7. The number of amides is 1. The van der Waals surface area contributed by atoms with Crippen LogP contribution in [0.1, 0.15) is 27.2 Å². The number of morpholine rings is 1. The van der Waals surface area contributed by atoms with Crippen molar-refractivity contribution in [3.05, 3.63) is 85.7 Å². The van der Waals surface area contributed by atoms with Gasteiger partial charge in [0.25, 0.3) is 11.5 Å². The molecule has 0 atom stereocenters. The van der Waals surface area contributed by atoms with Crippen molar-refractivity contribution >= 4 is 5.91 Å². The Labute approximate surface area is 190 Å². The fraction of sp³-hybridized carbons (Fsp3) is 0.333. The lowest BCUT2D eigenvalue weighted by Gasteiger charge is -2.26. The second kappa shape index (κ2) is 9.41. The minimum atomic E-state index is -0.723. The first-order chi connectivity index (χ1) is 15.9. The molecule has 0 bridgehead atoms. The van der Waals surface area contributed by atoms with E-state index in [9.17, 15) is 14.4 Å². The molecule has 0 spiro atoms. The highest BCUT2D eigenvalue weighted by Gasteiger charge is 2.26. The third-order valence-corrected chi connectivity index (χ3v) is 5.77. The Bertz CT molecular complexity index is 1300. The fourth-order valence-electron chi connectivity index (χ4n) is 3.68. The molecule has 9 heteroatoms. The lowest BCUT2D eigenvalue weighted by atomic mass is 10.1. The molecule has 33 heavy (non-hydrogen) atoms. The summed E-state index contributed by atoms with van der Waals surface area (Å²) in [5.41, 5.74) is 1.56. The van der Waals surface area contributed by atoms with Gasteiger partial charge >= 0.3 is 5.69 Å². The zero-order chi connectivity index (χ0) is 23.5. The molecule has 0 radical (unpaired) electrons. The van der Waals surface area contributed by atoms with Gasteiger partial charge in [0.2, 0.25) is 5.69 Å². The van der Waals surface area contributed by atoms with Crippen LogP contribution in [0.3, 0.4) is 0 Å². The van der Waals surface area contributed by atoms with Gasteiger partial charge in [-0.25, -0.2) is 4.79 Å². The number of nitrogens with zero attached hydrogens (tertiary/aromatic N) is 4. The molecule has 1 aromatic heterocycles. The van der Waals surface area contributed by atoms with Crippen LogP contribution in [0.15, 0.2) is 52.1 Å². The monoisotopic (exact) mass is 450 g/mol. The second-order valence-corrected chi connectivity index (χ2v) is 7.96. The van der Waals surface area contributed by atoms with Crippen molar-refractivity contribution in [2.24, 2.45) is 0 Å². The molecular formula is C24H26N4O5. The summed E-state index contributed by atoms with van der Waals surface area (Å²) >= 11 is 0. The lowest BCUT2D eigenvalue weighted by Crippen LogP contribution is -2.48. The summed E-state index contributed by atoms with van der Waals surface area (Å²) in [6.45, 7) is 5.37. The van der Waals surface area contributed by atoms with Crippen LogP contribution in [-0.2, 0) is 11.3 Å². The molecular weight excluding hydrogens is 424 g/mol. The van der Waals surface area contributed by atoms with Crippen LogP contribution >= 0.6 is 0 Å². The lowest BCUT2D eigenvalue weighted by molar-refractivity contribution is 0.0295. The number of aromatic nitrogens is 3. The Hall–Kier alpha value is -3.72. The molecule has 9 nitrogen and oxygen atoms in total. The number of carbonyl (C=O) groups excluding carboxylic acids is 1. The molecule has 1 aliphatic rings. The van der Waals surface area contributed by atoms with E-state index in [4.69, 9.17) is 9.47 Å². The second-order valence-electron chi connectivity index (χ2n) is 7.96. The quantitative estimate of drug-likeness (QED) is 0.585. The van der Waals surface area contributed by atoms with E-state index in [1.807, 2.05) is 26.0 Å². The summed E-state index contributed by atoms with van der Waals surface area (Å²) in [6, 6.07) is 12.5. The standard InChI is InChI=1S/C24H26N4O5/c1-16-7-8-19(13-17(16)2)28-24(31)27(15-18-5-4-6-20(14-18)32-3)23(30)21(25-28)22(29)26-9-11-33-12-10-26/h4-8,13-14H,9-12,15H2,1-3H3. The summed E-state index contributed by atoms with van der Waals surface area (Å²) in [4.78, 5) is 41.4. The molecule has 0 aliphatic carbocycles. The van der Waals surface area contributed by atoms with E-state index >= 15 is 0 Å². The molecule has 0 N–H and O–H groups in total. The number of benzene rings is 2. The molecule has 1 amide bonds. The van der Waals surface area contributed by atoms with Crippen LogP contribution in [0.5, 0.6) is 5.75 Å². The van der Waals surface area contributed by atoms with Crippen molar-refractivity contribution in [2.75, 3.05) is 33.4 Å². The highest BCUT2D eigenvalue weighted by molar-refractivity contribution is 5.91. The smallest absolute Gasteiger partial charge is 0.352 e. The Morgan fingerprint density at radius 1 is 1.06 bits per heavy atom. The number of ether oxygens (including phenoxy) is 2. The molecule has 172 valence electrons. The third kappa shape index (κ3) is 4.58. The van der Waals surface area contributed by atoms with Crippen molar-refractivity contribution in [3.8, 4) is 11.4 Å². The van der Waals surface area contributed by atoms with E-state index < -0.39 is 17.2 Å². The van der Waals surface area contributed by atoms with Crippen molar-refractivity contribution in [1.29, 1.82) is 0 Å².